The highest BCUT2D eigenvalue weighted by molar-refractivity contribution is 5.71. The predicted octanol–water partition coefficient (Wildman–Crippen LogP) is 21.8. The molecule has 0 heterocycles. The molecule has 0 spiro atoms. The summed E-state index contributed by atoms with van der Waals surface area (Å²) in [7, 11) is 0. The molecule has 0 rings (SSSR count). The van der Waals surface area contributed by atoms with Gasteiger partial charge in [0.05, 0.1) is 0 Å². The molecule has 0 saturated carbocycles. The van der Waals surface area contributed by atoms with Crippen molar-refractivity contribution in [2.45, 2.75) is 303 Å². The standard InChI is InChI=1S/C70H118O6/c1-4-7-10-13-16-19-22-25-28-31-33-34-35-36-38-39-42-45-48-51-54-57-60-63-69(72)75-66-67(65-74-68(71)62-59-56-53-50-47-44-41-30-27-24-21-18-15-12-9-6-3)76-70(73)64-61-58-55-52-49-46-43-40-37-32-29-26-23-20-17-14-11-8-5-2/h7,10,16-17,19-20,25-26,28-29,33-34,36-38,40,42,45,67H,4-6,8-9,11-15,18,21-24,27,30-32,35,39,41,43-44,46-66H2,1-3H3/b10-7-,19-16-,20-17-,28-25-,29-26-,34-33-,38-36-,40-37-,45-42-. The molecule has 0 aliphatic carbocycles. The van der Waals surface area contributed by atoms with Crippen LogP contribution in [0.3, 0.4) is 0 Å². The molecule has 0 radical (unpaired) electrons. The maximum atomic E-state index is 12.9. The summed E-state index contributed by atoms with van der Waals surface area (Å²) >= 11 is 0. The Morgan fingerprint density at radius 1 is 0.276 bits per heavy atom. The fourth-order valence-corrected chi connectivity index (χ4v) is 8.75. The summed E-state index contributed by atoms with van der Waals surface area (Å²) in [6, 6.07) is 0. The van der Waals surface area contributed by atoms with Crippen molar-refractivity contribution >= 4 is 17.9 Å². The van der Waals surface area contributed by atoms with Crippen LogP contribution in [0, 0.1) is 0 Å². The van der Waals surface area contributed by atoms with Gasteiger partial charge in [-0.25, -0.2) is 0 Å². The number of esters is 3. The highest BCUT2D eigenvalue weighted by Crippen LogP contribution is 2.16. The van der Waals surface area contributed by atoms with E-state index in [1.54, 1.807) is 0 Å². The lowest BCUT2D eigenvalue weighted by atomic mass is 10.0. The zero-order valence-electron chi connectivity index (χ0n) is 49.7. The first-order valence-corrected chi connectivity index (χ1v) is 31.9. The maximum absolute atomic E-state index is 12.9. The van der Waals surface area contributed by atoms with Crippen molar-refractivity contribution in [3.05, 3.63) is 109 Å². The zero-order chi connectivity index (χ0) is 55.0. The van der Waals surface area contributed by atoms with Crippen molar-refractivity contribution in [1.29, 1.82) is 0 Å². The normalized spacial score (nSPS) is 12.8. The highest BCUT2D eigenvalue weighted by Gasteiger charge is 2.19. The Kier molecular flexibility index (Phi) is 60.3. The number of allylic oxidation sites excluding steroid dienone is 18. The Hall–Kier alpha value is -3.93. The second-order valence-corrected chi connectivity index (χ2v) is 20.9. The summed E-state index contributed by atoms with van der Waals surface area (Å²) in [5.41, 5.74) is 0. The minimum Gasteiger partial charge on any atom is -0.462 e. The maximum Gasteiger partial charge on any atom is 0.306 e. The first-order valence-electron chi connectivity index (χ1n) is 31.9. The molecule has 6 heteroatoms. The van der Waals surface area contributed by atoms with Gasteiger partial charge in [-0.05, 0) is 109 Å². The highest BCUT2D eigenvalue weighted by atomic mass is 16.6. The molecule has 0 bridgehead atoms. The van der Waals surface area contributed by atoms with Crippen LogP contribution in [-0.2, 0) is 28.6 Å². The molecule has 0 saturated heterocycles. The molecular formula is C70H118O6. The van der Waals surface area contributed by atoms with Gasteiger partial charge in [0.15, 0.2) is 6.10 Å². The van der Waals surface area contributed by atoms with Crippen molar-refractivity contribution in [3.8, 4) is 0 Å². The van der Waals surface area contributed by atoms with E-state index in [1.807, 2.05) is 0 Å². The average molecular weight is 1060 g/mol. The van der Waals surface area contributed by atoms with Crippen molar-refractivity contribution in [3.63, 3.8) is 0 Å². The van der Waals surface area contributed by atoms with Gasteiger partial charge in [-0.15, -0.1) is 0 Å². The lowest BCUT2D eigenvalue weighted by Crippen LogP contribution is -2.30. The molecule has 0 aromatic carbocycles. The lowest BCUT2D eigenvalue weighted by Gasteiger charge is -2.18. The van der Waals surface area contributed by atoms with E-state index in [-0.39, 0.29) is 31.1 Å². The van der Waals surface area contributed by atoms with E-state index >= 15 is 0 Å². The largest absolute Gasteiger partial charge is 0.462 e. The van der Waals surface area contributed by atoms with Gasteiger partial charge in [0.2, 0.25) is 0 Å². The van der Waals surface area contributed by atoms with E-state index < -0.39 is 6.10 Å². The topological polar surface area (TPSA) is 78.9 Å². The van der Waals surface area contributed by atoms with Gasteiger partial charge in [-0.3, -0.25) is 14.4 Å². The third kappa shape index (κ3) is 60.9. The molecular weight excluding hydrogens is 937 g/mol. The van der Waals surface area contributed by atoms with Crippen LogP contribution >= 0.6 is 0 Å². The third-order valence-corrected chi connectivity index (χ3v) is 13.5. The molecule has 0 aliphatic rings. The van der Waals surface area contributed by atoms with Crippen LogP contribution in [0.5, 0.6) is 0 Å². The second kappa shape index (κ2) is 63.6. The molecule has 1 unspecified atom stereocenters. The SMILES string of the molecule is CC/C=C\C/C=C\C/C=C\C/C=C\C/C=C\C/C=C\CCCCCCC(=O)OCC(COC(=O)CCCCCCCCCCCCCCCCCC)OC(=O)CCCCCCCC/C=C\C/C=C\C/C=C\CCCCC. The smallest absolute Gasteiger partial charge is 0.306 e. The molecule has 0 fully saturated rings. The van der Waals surface area contributed by atoms with Gasteiger partial charge in [0.1, 0.15) is 13.2 Å². The summed E-state index contributed by atoms with van der Waals surface area (Å²) in [6.45, 7) is 6.49. The first-order chi connectivity index (χ1) is 37.5. The summed E-state index contributed by atoms with van der Waals surface area (Å²) in [5.74, 6) is -0.921. The van der Waals surface area contributed by atoms with Crippen LogP contribution in [0.4, 0.5) is 0 Å². The molecule has 1 atom stereocenters. The number of hydrogen-bond donors (Lipinski definition) is 0. The Bertz CT molecular complexity index is 1540. The Morgan fingerprint density at radius 2 is 0.513 bits per heavy atom. The van der Waals surface area contributed by atoms with Gasteiger partial charge >= 0.3 is 17.9 Å². The molecule has 0 aliphatic heterocycles. The summed E-state index contributed by atoms with van der Waals surface area (Å²) in [6.07, 6.45) is 86.5. The van der Waals surface area contributed by atoms with Crippen molar-refractivity contribution < 1.29 is 28.6 Å². The number of rotatable bonds is 57. The quantitative estimate of drug-likeness (QED) is 0.0261. The van der Waals surface area contributed by atoms with Crippen molar-refractivity contribution in [2.24, 2.45) is 0 Å². The summed E-state index contributed by atoms with van der Waals surface area (Å²) in [4.78, 5) is 38.3. The predicted molar refractivity (Wildman–Crippen MR) is 330 cm³/mol. The summed E-state index contributed by atoms with van der Waals surface area (Å²) in [5, 5.41) is 0. The Morgan fingerprint density at radius 3 is 0.829 bits per heavy atom. The first kappa shape index (κ1) is 72.1. The molecule has 0 aromatic rings. The number of unbranched alkanes of at least 4 members (excludes halogenated alkanes) is 28. The third-order valence-electron chi connectivity index (χ3n) is 13.5. The summed E-state index contributed by atoms with van der Waals surface area (Å²) < 4.78 is 16.9. The number of carbonyl (C=O) groups is 3. The van der Waals surface area contributed by atoms with Crippen molar-refractivity contribution in [1.82, 2.24) is 0 Å². The van der Waals surface area contributed by atoms with Gasteiger partial charge in [-0.1, -0.05) is 278 Å². The molecule has 434 valence electrons. The van der Waals surface area contributed by atoms with Crippen LogP contribution in [0.25, 0.3) is 0 Å². The average Bonchev–Trinajstić information content (AvgIpc) is 3.42. The number of ether oxygens (including phenoxy) is 3. The monoisotopic (exact) mass is 1050 g/mol. The van der Waals surface area contributed by atoms with Gasteiger partial charge in [-0.2, -0.15) is 0 Å². The van der Waals surface area contributed by atoms with E-state index in [0.29, 0.717) is 19.3 Å². The van der Waals surface area contributed by atoms with E-state index in [2.05, 4.69) is 130 Å². The molecule has 0 amide bonds. The van der Waals surface area contributed by atoms with Gasteiger partial charge in [0, 0.05) is 19.3 Å². The number of carbonyl (C=O) groups excluding carboxylic acids is 3. The van der Waals surface area contributed by atoms with Gasteiger partial charge < -0.3 is 14.2 Å². The van der Waals surface area contributed by atoms with E-state index in [4.69, 9.17) is 14.2 Å². The van der Waals surface area contributed by atoms with Crippen LogP contribution in [-0.4, -0.2) is 37.2 Å². The molecule has 0 aromatic heterocycles. The lowest BCUT2D eigenvalue weighted by molar-refractivity contribution is -0.167. The Balaban J connectivity index is 4.46. The fourth-order valence-electron chi connectivity index (χ4n) is 8.75. The van der Waals surface area contributed by atoms with E-state index in [0.717, 1.165) is 135 Å². The van der Waals surface area contributed by atoms with Crippen LogP contribution < -0.4 is 0 Å². The van der Waals surface area contributed by atoms with Crippen LogP contribution in [0.15, 0.2) is 109 Å². The fraction of sp³-hybridized carbons (Fsp3) is 0.700. The Labute approximate surface area is 470 Å². The van der Waals surface area contributed by atoms with E-state index in [9.17, 15) is 14.4 Å². The zero-order valence-corrected chi connectivity index (χ0v) is 49.7. The molecule has 0 N–H and O–H groups in total. The molecule has 6 nitrogen and oxygen atoms in total. The second-order valence-electron chi connectivity index (χ2n) is 20.9. The molecule has 76 heavy (non-hydrogen) atoms. The van der Waals surface area contributed by atoms with Gasteiger partial charge in [0.25, 0.3) is 0 Å². The minimum absolute atomic E-state index is 0.0907. The van der Waals surface area contributed by atoms with E-state index in [1.165, 1.54) is 122 Å². The minimum atomic E-state index is -0.798. The van der Waals surface area contributed by atoms with Crippen LogP contribution in [0.1, 0.15) is 297 Å². The number of hydrogen-bond acceptors (Lipinski definition) is 6. The van der Waals surface area contributed by atoms with Crippen molar-refractivity contribution in [2.75, 3.05) is 13.2 Å². The van der Waals surface area contributed by atoms with Crippen LogP contribution in [0.2, 0.25) is 0 Å².